The van der Waals surface area contributed by atoms with E-state index in [4.69, 9.17) is 4.74 Å². The van der Waals surface area contributed by atoms with E-state index in [9.17, 15) is 4.79 Å². The molecule has 1 aliphatic heterocycles. The molecule has 2 unspecified atom stereocenters. The lowest BCUT2D eigenvalue weighted by Gasteiger charge is -2.24. The molecule has 0 spiro atoms. The number of ether oxygens (including phenoxy) is 1. The van der Waals surface area contributed by atoms with Crippen molar-refractivity contribution in [3.05, 3.63) is 35.9 Å². The fraction of sp³-hybridized carbons (Fsp3) is 0.500. The second-order valence-electron chi connectivity index (χ2n) is 4.63. The third-order valence-electron chi connectivity index (χ3n) is 3.11. The van der Waals surface area contributed by atoms with E-state index in [1.165, 1.54) is 0 Å². The van der Waals surface area contributed by atoms with Crippen LogP contribution in [-0.2, 0) is 9.53 Å². The highest BCUT2D eigenvalue weighted by atomic mass is 35.5. The van der Waals surface area contributed by atoms with E-state index >= 15 is 0 Å². The fourth-order valence-electron chi connectivity index (χ4n) is 2.10. The topological polar surface area (TPSA) is 50.4 Å². The minimum absolute atomic E-state index is 0. The van der Waals surface area contributed by atoms with E-state index in [0.29, 0.717) is 13.0 Å². The Kier molecular flexibility index (Phi) is 6.84. The van der Waals surface area contributed by atoms with Crippen LogP contribution in [0.5, 0.6) is 0 Å². The van der Waals surface area contributed by atoms with Crippen molar-refractivity contribution >= 4 is 18.3 Å². The lowest BCUT2D eigenvalue weighted by Crippen LogP contribution is -2.44. The van der Waals surface area contributed by atoms with Gasteiger partial charge in [0, 0.05) is 19.0 Å². The molecule has 0 aromatic heterocycles. The van der Waals surface area contributed by atoms with E-state index in [0.717, 1.165) is 18.7 Å². The fourth-order valence-corrected chi connectivity index (χ4v) is 2.10. The molecule has 0 bridgehead atoms. The zero-order valence-electron chi connectivity index (χ0n) is 11.1. The predicted octanol–water partition coefficient (Wildman–Crippen LogP) is 1.66. The van der Waals surface area contributed by atoms with Crippen LogP contribution < -0.4 is 10.6 Å². The number of halogens is 1. The average Bonchev–Trinajstić information content (AvgIpc) is 2.40. The molecule has 2 rings (SSSR count). The van der Waals surface area contributed by atoms with Crippen molar-refractivity contribution in [2.75, 3.05) is 19.8 Å². The lowest BCUT2D eigenvalue weighted by molar-refractivity contribution is -0.122. The number of rotatable bonds is 4. The Morgan fingerprint density at radius 1 is 1.47 bits per heavy atom. The average molecular weight is 285 g/mol. The minimum atomic E-state index is 0. The quantitative estimate of drug-likeness (QED) is 0.884. The van der Waals surface area contributed by atoms with Gasteiger partial charge in [0.15, 0.2) is 0 Å². The summed E-state index contributed by atoms with van der Waals surface area (Å²) in [7, 11) is 0. The highest BCUT2D eigenvalue weighted by molar-refractivity contribution is 5.85. The first-order valence-electron chi connectivity index (χ1n) is 6.41. The van der Waals surface area contributed by atoms with Gasteiger partial charge in [-0.1, -0.05) is 30.3 Å². The lowest BCUT2D eigenvalue weighted by atomic mass is 10.1. The Morgan fingerprint density at radius 3 is 2.84 bits per heavy atom. The van der Waals surface area contributed by atoms with Crippen molar-refractivity contribution in [2.24, 2.45) is 0 Å². The van der Waals surface area contributed by atoms with Crippen LogP contribution in [0.1, 0.15) is 24.9 Å². The SMILES string of the molecule is CC(NC(=O)CC1COCCN1)c1ccccc1.Cl. The maximum Gasteiger partial charge on any atom is 0.222 e. The smallest absolute Gasteiger partial charge is 0.222 e. The van der Waals surface area contributed by atoms with Gasteiger partial charge in [0.25, 0.3) is 0 Å². The number of hydrogen-bond acceptors (Lipinski definition) is 3. The second kappa shape index (κ2) is 8.15. The van der Waals surface area contributed by atoms with Crippen molar-refractivity contribution in [3.8, 4) is 0 Å². The zero-order valence-corrected chi connectivity index (χ0v) is 11.9. The number of carbonyl (C=O) groups is 1. The summed E-state index contributed by atoms with van der Waals surface area (Å²) in [6.45, 7) is 4.18. The molecule has 2 N–H and O–H groups in total. The summed E-state index contributed by atoms with van der Waals surface area (Å²) in [5.41, 5.74) is 1.12. The van der Waals surface area contributed by atoms with Gasteiger partial charge in [0.2, 0.25) is 5.91 Å². The van der Waals surface area contributed by atoms with Crippen molar-refractivity contribution < 1.29 is 9.53 Å². The van der Waals surface area contributed by atoms with Gasteiger partial charge in [-0.3, -0.25) is 4.79 Å². The molecule has 1 fully saturated rings. The zero-order chi connectivity index (χ0) is 12.8. The first-order valence-corrected chi connectivity index (χ1v) is 6.41. The number of amides is 1. The second-order valence-corrected chi connectivity index (χ2v) is 4.63. The number of benzene rings is 1. The van der Waals surface area contributed by atoms with Gasteiger partial charge in [-0.05, 0) is 12.5 Å². The predicted molar refractivity (Wildman–Crippen MR) is 77.5 cm³/mol. The molecule has 0 saturated carbocycles. The summed E-state index contributed by atoms with van der Waals surface area (Å²) in [5.74, 6) is 0.0642. The van der Waals surface area contributed by atoms with Crippen LogP contribution in [0.2, 0.25) is 0 Å². The maximum atomic E-state index is 11.9. The van der Waals surface area contributed by atoms with Gasteiger partial charge in [-0.15, -0.1) is 12.4 Å². The first kappa shape index (κ1) is 16.0. The summed E-state index contributed by atoms with van der Waals surface area (Å²) in [6.07, 6.45) is 0.469. The van der Waals surface area contributed by atoms with Gasteiger partial charge in [0.1, 0.15) is 0 Å². The molecule has 19 heavy (non-hydrogen) atoms. The molecule has 1 aliphatic rings. The van der Waals surface area contributed by atoms with Crippen LogP contribution in [0.3, 0.4) is 0 Å². The molecule has 4 nitrogen and oxygen atoms in total. The van der Waals surface area contributed by atoms with Crippen LogP contribution in [0, 0.1) is 0 Å². The standard InChI is InChI=1S/C14H20N2O2.ClH/c1-11(12-5-3-2-4-6-12)16-14(17)9-13-10-18-8-7-15-13;/h2-6,11,13,15H,7-10H2,1H3,(H,16,17);1H. The molecule has 1 aromatic rings. The van der Waals surface area contributed by atoms with Crippen LogP contribution in [-0.4, -0.2) is 31.7 Å². The van der Waals surface area contributed by atoms with E-state index in [1.807, 2.05) is 37.3 Å². The normalized spacial score (nSPS) is 20.2. The highest BCUT2D eigenvalue weighted by Crippen LogP contribution is 2.11. The summed E-state index contributed by atoms with van der Waals surface area (Å²) in [6, 6.07) is 10.2. The number of hydrogen-bond donors (Lipinski definition) is 2. The monoisotopic (exact) mass is 284 g/mol. The van der Waals surface area contributed by atoms with Crippen molar-refractivity contribution in [1.82, 2.24) is 10.6 Å². The Morgan fingerprint density at radius 2 is 2.21 bits per heavy atom. The number of carbonyl (C=O) groups excluding carboxylic acids is 1. The van der Waals surface area contributed by atoms with Crippen molar-refractivity contribution in [2.45, 2.75) is 25.4 Å². The summed E-state index contributed by atoms with van der Waals surface area (Å²) in [4.78, 5) is 11.9. The third-order valence-corrected chi connectivity index (χ3v) is 3.11. The first-order chi connectivity index (χ1) is 8.75. The Balaban J connectivity index is 0.00000180. The van der Waals surface area contributed by atoms with E-state index < -0.39 is 0 Å². The molecular formula is C14H21ClN2O2. The van der Waals surface area contributed by atoms with Crippen LogP contribution in [0.15, 0.2) is 30.3 Å². The minimum Gasteiger partial charge on any atom is -0.378 e. The van der Waals surface area contributed by atoms with Crippen LogP contribution in [0.25, 0.3) is 0 Å². The molecule has 1 saturated heterocycles. The Labute approximate surface area is 120 Å². The van der Waals surface area contributed by atoms with Gasteiger partial charge in [-0.25, -0.2) is 0 Å². The summed E-state index contributed by atoms with van der Waals surface area (Å²) in [5, 5.41) is 6.29. The van der Waals surface area contributed by atoms with Gasteiger partial charge in [-0.2, -0.15) is 0 Å². The molecule has 5 heteroatoms. The number of morpholine rings is 1. The molecule has 2 atom stereocenters. The molecule has 106 valence electrons. The van der Waals surface area contributed by atoms with Crippen LogP contribution in [0.4, 0.5) is 0 Å². The molecule has 0 aliphatic carbocycles. The maximum absolute atomic E-state index is 11.9. The van der Waals surface area contributed by atoms with Crippen molar-refractivity contribution in [3.63, 3.8) is 0 Å². The van der Waals surface area contributed by atoms with Gasteiger partial charge in [0.05, 0.1) is 19.3 Å². The van der Waals surface area contributed by atoms with Crippen LogP contribution >= 0.6 is 12.4 Å². The molecular weight excluding hydrogens is 264 g/mol. The van der Waals surface area contributed by atoms with Gasteiger partial charge < -0.3 is 15.4 Å². The highest BCUT2D eigenvalue weighted by Gasteiger charge is 2.18. The van der Waals surface area contributed by atoms with E-state index in [-0.39, 0.29) is 30.4 Å². The number of nitrogens with one attached hydrogen (secondary N) is 2. The Hall–Kier alpha value is -1.10. The Bertz CT molecular complexity index is 380. The van der Waals surface area contributed by atoms with E-state index in [1.54, 1.807) is 0 Å². The molecule has 1 amide bonds. The summed E-state index contributed by atoms with van der Waals surface area (Å²) < 4.78 is 5.33. The van der Waals surface area contributed by atoms with Crippen molar-refractivity contribution in [1.29, 1.82) is 0 Å². The third kappa shape index (κ3) is 5.19. The molecule has 0 radical (unpaired) electrons. The summed E-state index contributed by atoms with van der Waals surface area (Å²) >= 11 is 0. The van der Waals surface area contributed by atoms with E-state index in [2.05, 4.69) is 10.6 Å². The molecule has 1 aromatic carbocycles. The largest absolute Gasteiger partial charge is 0.378 e. The molecule has 1 heterocycles. The van der Waals surface area contributed by atoms with Gasteiger partial charge >= 0.3 is 0 Å².